The number of aryl methyl sites for hydroxylation is 1. The van der Waals surface area contributed by atoms with Crippen molar-refractivity contribution < 1.29 is 10.2 Å². The van der Waals surface area contributed by atoms with Crippen LogP contribution in [0, 0.1) is 6.92 Å². The maximum absolute atomic E-state index is 9.78. The van der Waals surface area contributed by atoms with Crippen LogP contribution < -0.4 is 0 Å². The molecule has 0 aliphatic heterocycles. The predicted octanol–water partition coefficient (Wildman–Crippen LogP) is 5.69. The zero-order valence-electron chi connectivity index (χ0n) is 11.8. The lowest BCUT2D eigenvalue weighted by Gasteiger charge is -2.27. The molecule has 0 aliphatic rings. The lowest BCUT2D eigenvalue weighted by Crippen LogP contribution is -2.19. The molecule has 0 unspecified atom stereocenters. The summed E-state index contributed by atoms with van der Waals surface area (Å²) in [5, 5.41) is 20.2. The van der Waals surface area contributed by atoms with Gasteiger partial charge in [-0.15, -0.1) is 0 Å². The van der Waals surface area contributed by atoms with Crippen molar-refractivity contribution >= 4 is 34.8 Å². The SMILES string of the molecule is Cc1cc(C(C)(C)c2cc(Cl)c(O)c(Cl)c2)cc(Cl)c1O. The standard InChI is InChI=1S/C16H15Cl3O2/c1-8-4-9(5-11(17)14(8)20)16(2,3)10-6-12(18)15(21)13(19)7-10/h4-7,20-21H,1-3H3. The molecular weight excluding hydrogens is 331 g/mol. The van der Waals surface area contributed by atoms with Crippen LogP contribution in [0.3, 0.4) is 0 Å². The second kappa shape index (κ2) is 5.60. The van der Waals surface area contributed by atoms with Crippen LogP contribution in [0.25, 0.3) is 0 Å². The molecule has 0 spiro atoms. The van der Waals surface area contributed by atoms with Crippen LogP contribution in [-0.4, -0.2) is 10.2 Å². The summed E-state index contributed by atoms with van der Waals surface area (Å²) in [4.78, 5) is 0. The Labute approximate surface area is 138 Å². The summed E-state index contributed by atoms with van der Waals surface area (Å²) in [7, 11) is 0. The number of hydrogen-bond donors (Lipinski definition) is 2. The van der Waals surface area contributed by atoms with E-state index in [1.165, 1.54) is 0 Å². The Kier molecular flexibility index (Phi) is 4.34. The van der Waals surface area contributed by atoms with Gasteiger partial charge in [-0.3, -0.25) is 0 Å². The van der Waals surface area contributed by atoms with Gasteiger partial charge in [0.2, 0.25) is 0 Å². The van der Waals surface area contributed by atoms with E-state index in [4.69, 9.17) is 34.8 Å². The third kappa shape index (κ3) is 2.94. The number of hydrogen-bond acceptors (Lipinski definition) is 2. The highest BCUT2D eigenvalue weighted by atomic mass is 35.5. The third-order valence-electron chi connectivity index (χ3n) is 3.71. The second-order valence-corrected chi connectivity index (χ2v) is 6.76. The van der Waals surface area contributed by atoms with E-state index in [2.05, 4.69) is 0 Å². The first-order chi connectivity index (χ1) is 9.64. The van der Waals surface area contributed by atoms with Crippen molar-refractivity contribution in [1.82, 2.24) is 0 Å². The van der Waals surface area contributed by atoms with Gasteiger partial charge in [0.25, 0.3) is 0 Å². The fourth-order valence-electron chi connectivity index (χ4n) is 2.19. The molecule has 21 heavy (non-hydrogen) atoms. The quantitative estimate of drug-likeness (QED) is 0.733. The van der Waals surface area contributed by atoms with Crippen LogP contribution in [-0.2, 0) is 5.41 Å². The van der Waals surface area contributed by atoms with Crippen molar-refractivity contribution in [3.63, 3.8) is 0 Å². The van der Waals surface area contributed by atoms with Crippen LogP contribution in [0.5, 0.6) is 11.5 Å². The molecule has 2 N–H and O–H groups in total. The molecule has 0 heterocycles. The molecule has 0 radical (unpaired) electrons. The van der Waals surface area contributed by atoms with Gasteiger partial charge in [-0.25, -0.2) is 0 Å². The van der Waals surface area contributed by atoms with E-state index in [-0.39, 0.29) is 21.5 Å². The van der Waals surface area contributed by atoms with Crippen LogP contribution in [0.1, 0.15) is 30.5 Å². The van der Waals surface area contributed by atoms with Gasteiger partial charge in [0, 0.05) is 5.41 Å². The van der Waals surface area contributed by atoms with E-state index >= 15 is 0 Å². The van der Waals surface area contributed by atoms with E-state index in [1.807, 2.05) is 19.9 Å². The molecule has 2 aromatic rings. The van der Waals surface area contributed by atoms with Gasteiger partial charge in [0.1, 0.15) is 5.75 Å². The van der Waals surface area contributed by atoms with Crippen LogP contribution in [0.15, 0.2) is 24.3 Å². The maximum atomic E-state index is 9.78. The number of benzene rings is 2. The molecule has 0 saturated carbocycles. The molecule has 112 valence electrons. The fraction of sp³-hybridized carbons (Fsp3) is 0.250. The molecule has 0 aromatic heterocycles. The molecule has 5 heteroatoms. The highest BCUT2D eigenvalue weighted by Gasteiger charge is 2.26. The first kappa shape index (κ1) is 16.3. The van der Waals surface area contributed by atoms with Gasteiger partial charge in [-0.2, -0.15) is 0 Å². The van der Waals surface area contributed by atoms with Gasteiger partial charge < -0.3 is 10.2 Å². The van der Waals surface area contributed by atoms with Gasteiger partial charge in [0.15, 0.2) is 5.75 Å². The molecule has 2 aromatic carbocycles. The molecule has 0 bridgehead atoms. The Morgan fingerprint density at radius 1 is 0.762 bits per heavy atom. The van der Waals surface area contributed by atoms with Crippen molar-refractivity contribution in [1.29, 1.82) is 0 Å². The Bertz CT molecular complexity index is 603. The van der Waals surface area contributed by atoms with Crippen molar-refractivity contribution in [2.45, 2.75) is 26.2 Å². The van der Waals surface area contributed by atoms with Crippen LogP contribution >= 0.6 is 34.8 Å². The summed E-state index contributed by atoms with van der Waals surface area (Å²) in [6.45, 7) is 5.78. The summed E-state index contributed by atoms with van der Waals surface area (Å²) in [5.41, 5.74) is 2.02. The smallest absolute Gasteiger partial charge is 0.152 e. The normalized spacial score (nSPS) is 11.7. The fourth-order valence-corrected chi connectivity index (χ4v) is 2.94. The zero-order valence-corrected chi connectivity index (χ0v) is 14.1. The number of rotatable bonds is 2. The first-order valence-electron chi connectivity index (χ1n) is 6.32. The minimum absolute atomic E-state index is 0.0815. The van der Waals surface area contributed by atoms with Gasteiger partial charge in [-0.05, 0) is 41.8 Å². The molecule has 0 saturated heterocycles. The Balaban J connectivity index is 2.61. The largest absolute Gasteiger partial charge is 0.506 e. The number of phenolic OH excluding ortho intramolecular Hbond substituents is 2. The van der Waals surface area contributed by atoms with E-state index in [0.717, 1.165) is 11.1 Å². The predicted molar refractivity (Wildman–Crippen MR) is 88.1 cm³/mol. The summed E-state index contributed by atoms with van der Waals surface area (Å²) < 4.78 is 0. The Hall–Kier alpha value is -1.09. The second-order valence-electron chi connectivity index (χ2n) is 5.54. The van der Waals surface area contributed by atoms with Crippen molar-refractivity contribution in [3.05, 3.63) is 56.0 Å². The molecule has 0 amide bonds. The lowest BCUT2D eigenvalue weighted by atomic mass is 9.77. The maximum Gasteiger partial charge on any atom is 0.152 e. The van der Waals surface area contributed by atoms with Gasteiger partial charge >= 0.3 is 0 Å². The average Bonchev–Trinajstić information content (AvgIpc) is 2.40. The molecule has 0 aliphatic carbocycles. The molecular formula is C16H15Cl3O2. The van der Waals surface area contributed by atoms with Crippen LogP contribution in [0.4, 0.5) is 0 Å². The number of aromatic hydroxyl groups is 2. The van der Waals surface area contributed by atoms with Gasteiger partial charge in [-0.1, -0.05) is 54.7 Å². The zero-order chi connectivity index (χ0) is 15.9. The van der Waals surface area contributed by atoms with Crippen molar-refractivity contribution in [2.24, 2.45) is 0 Å². The van der Waals surface area contributed by atoms with Crippen molar-refractivity contribution in [2.75, 3.05) is 0 Å². The summed E-state index contributed by atoms with van der Waals surface area (Å²) in [6.07, 6.45) is 0. The summed E-state index contributed by atoms with van der Waals surface area (Å²) in [6, 6.07) is 6.95. The van der Waals surface area contributed by atoms with E-state index in [1.54, 1.807) is 25.1 Å². The summed E-state index contributed by atoms with van der Waals surface area (Å²) in [5.74, 6) is -0.0456. The third-order valence-corrected chi connectivity index (χ3v) is 4.58. The minimum Gasteiger partial charge on any atom is -0.506 e. The highest BCUT2D eigenvalue weighted by molar-refractivity contribution is 6.37. The molecule has 2 rings (SSSR count). The lowest BCUT2D eigenvalue weighted by molar-refractivity contribution is 0.470. The minimum atomic E-state index is -0.441. The number of phenols is 2. The Morgan fingerprint density at radius 3 is 1.57 bits per heavy atom. The van der Waals surface area contributed by atoms with E-state index in [9.17, 15) is 10.2 Å². The summed E-state index contributed by atoms with van der Waals surface area (Å²) >= 11 is 18.1. The topological polar surface area (TPSA) is 40.5 Å². The first-order valence-corrected chi connectivity index (χ1v) is 7.46. The van der Waals surface area contributed by atoms with Crippen LogP contribution in [0.2, 0.25) is 15.1 Å². The van der Waals surface area contributed by atoms with E-state index < -0.39 is 5.41 Å². The monoisotopic (exact) mass is 344 g/mol. The molecule has 0 fully saturated rings. The average molecular weight is 346 g/mol. The number of halogens is 3. The van der Waals surface area contributed by atoms with Crippen molar-refractivity contribution in [3.8, 4) is 11.5 Å². The van der Waals surface area contributed by atoms with Gasteiger partial charge in [0.05, 0.1) is 15.1 Å². The van der Waals surface area contributed by atoms with E-state index in [0.29, 0.717) is 10.6 Å². The molecule has 2 nitrogen and oxygen atoms in total. The highest BCUT2D eigenvalue weighted by Crippen LogP contribution is 2.41. The Morgan fingerprint density at radius 2 is 1.14 bits per heavy atom. The molecule has 0 atom stereocenters.